The van der Waals surface area contributed by atoms with Crippen molar-refractivity contribution in [3.63, 3.8) is 0 Å². The Morgan fingerprint density at radius 1 is 1.27 bits per heavy atom. The molecule has 0 unspecified atom stereocenters. The maximum Gasteiger partial charge on any atom is 0.271 e. The molecule has 8 nitrogen and oxygen atoms in total. The Hall–Kier alpha value is -2.85. The van der Waals surface area contributed by atoms with Crippen molar-refractivity contribution in [2.45, 2.75) is 11.3 Å². The Balaban J connectivity index is 1.61. The smallest absolute Gasteiger partial charge is 0.271 e. The Bertz CT molecular complexity index is 946. The Morgan fingerprint density at radius 3 is 2.77 bits per heavy atom. The summed E-state index contributed by atoms with van der Waals surface area (Å²) < 4.78 is 0.669. The fourth-order valence-electron chi connectivity index (χ4n) is 2.05. The number of pyridine rings is 1. The summed E-state index contributed by atoms with van der Waals surface area (Å²) in [6, 6.07) is 8.04. The lowest BCUT2D eigenvalue weighted by molar-refractivity contribution is -0.384. The number of benzene rings is 1. The average molecular weight is 387 g/mol. The number of aryl methyl sites for hydroxylation is 1. The molecule has 0 spiro atoms. The fourth-order valence-corrected chi connectivity index (χ4v) is 3.71. The van der Waals surface area contributed by atoms with Crippen molar-refractivity contribution < 1.29 is 9.72 Å². The number of non-ortho nitro benzene ring substituents is 1. The first-order chi connectivity index (χ1) is 12.5. The number of nitrogens with one attached hydrogen (secondary N) is 1. The van der Waals surface area contributed by atoms with Crippen LogP contribution in [0.1, 0.15) is 5.56 Å². The number of nitro benzene ring substituents is 1. The number of anilines is 1. The second-order valence-corrected chi connectivity index (χ2v) is 7.40. The van der Waals surface area contributed by atoms with Crippen molar-refractivity contribution in [2.24, 2.45) is 0 Å². The van der Waals surface area contributed by atoms with E-state index in [0.717, 1.165) is 16.1 Å². The van der Waals surface area contributed by atoms with E-state index < -0.39 is 4.92 Å². The summed E-state index contributed by atoms with van der Waals surface area (Å²) in [7, 11) is 0. The number of nitrogens with zero attached hydrogens (tertiary/aromatic N) is 4. The fraction of sp³-hybridized carbons (Fsp3) is 0.125. The highest BCUT2D eigenvalue weighted by molar-refractivity contribution is 8.01. The first-order valence-electron chi connectivity index (χ1n) is 7.44. The topological polar surface area (TPSA) is 111 Å². The summed E-state index contributed by atoms with van der Waals surface area (Å²) in [5.74, 6) is -0.133. The molecular formula is C16H13N5O3S2. The van der Waals surface area contributed by atoms with Crippen molar-refractivity contribution in [1.29, 1.82) is 0 Å². The maximum absolute atomic E-state index is 12.1. The molecule has 0 atom stereocenters. The van der Waals surface area contributed by atoms with Gasteiger partial charge in [-0.15, -0.1) is 10.2 Å². The van der Waals surface area contributed by atoms with Crippen molar-refractivity contribution in [3.8, 4) is 10.6 Å². The van der Waals surface area contributed by atoms with Gasteiger partial charge < -0.3 is 5.32 Å². The van der Waals surface area contributed by atoms with Crippen molar-refractivity contribution in [2.75, 3.05) is 11.1 Å². The van der Waals surface area contributed by atoms with Gasteiger partial charge in [0.1, 0.15) is 5.01 Å². The van der Waals surface area contributed by atoms with Crippen LogP contribution < -0.4 is 5.32 Å². The zero-order chi connectivity index (χ0) is 18.5. The number of thioether (sulfide) groups is 1. The van der Waals surface area contributed by atoms with E-state index >= 15 is 0 Å². The highest BCUT2D eigenvalue weighted by atomic mass is 32.2. The molecule has 1 N–H and O–H groups in total. The molecule has 2 heterocycles. The molecule has 2 aromatic heterocycles. The first kappa shape index (κ1) is 18.0. The molecule has 3 aromatic rings. The monoisotopic (exact) mass is 387 g/mol. The van der Waals surface area contributed by atoms with Gasteiger partial charge in [0.25, 0.3) is 5.69 Å². The van der Waals surface area contributed by atoms with Crippen molar-refractivity contribution in [1.82, 2.24) is 15.2 Å². The van der Waals surface area contributed by atoms with Crippen LogP contribution in [0.5, 0.6) is 0 Å². The summed E-state index contributed by atoms with van der Waals surface area (Å²) in [5, 5.41) is 22.5. The van der Waals surface area contributed by atoms with Crippen LogP contribution in [-0.2, 0) is 4.79 Å². The van der Waals surface area contributed by atoms with Crippen LogP contribution in [0.3, 0.4) is 0 Å². The van der Waals surface area contributed by atoms with Gasteiger partial charge in [-0.2, -0.15) is 0 Å². The van der Waals surface area contributed by atoms with Gasteiger partial charge in [-0.25, -0.2) is 0 Å². The van der Waals surface area contributed by atoms with E-state index in [4.69, 9.17) is 0 Å². The third kappa shape index (κ3) is 4.41. The van der Waals surface area contributed by atoms with E-state index in [0.29, 0.717) is 10.0 Å². The molecule has 132 valence electrons. The molecule has 0 saturated heterocycles. The highest BCUT2D eigenvalue weighted by Gasteiger charge is 2.13. The molecule has 0 aliphatic rings. The van der Waals surface area contributed by atoms with E-state index in [2.05, 4.69) is 20.5 Å². The summed E-state index contributed by atoms with van der Waals surface area (Å²) in [4.78, 5) is 26.5. The van der Waals surface area contributed by atoms with E-state index in [1.165, 1.54) is 35.2 Å². The second-order valence-electron chi connectivity index (χ2n) is 5.20. The molecule has 0 aliphatic heterocycles. The van der Waals surface area contributed by atoms with E-state index in [1.54, 1.807) is 25.4 Å². The standard InChI is InChI=1S/C16H13N5O3S2/c1-10-2-3-12(21(23)24)8-13(10)18-14(22)9-25-16-20-19-15(26-16)11-4-6-17-7-5-11/h2-8H,9H2,1H3,(H,18,22). The number of aromatic nitrogens is 3. The number of amides is 1. The van der Waals surface area contributed by atoms with Gasteiger partial charge in [-0.3, -0.25) is 19.9 Å². The van der Waals surface area contributed by atoms with Gasteiger partial charge >= 0.3 is 0 Å². The Kier molecular flexibility index (Phi) is 5.54. The third-order valence-corrected chi connectivity index (χ3v) is 5.47. The lowest BCUT2D eigenvalue weighted by Crippen LogP contribution is -2.15. The van der Waals surface area contributed by atoms with E-state index in [-0.39, 0.29) is 17.3 Å². The van der Waals surface area contributed by atoms with Gasteiger partial charge in [0.2, 0.25) is 5.91 Å². The largest absolute Gasteiger partial charge is 0.325 e. The van der Waals surface area contributed by atoms with E-state index in [9.17, 15) is 14.9 Å². The molecule has 0 radical (unpaired) electrons. The van der Waals surface area contributed by atoms with Crippen LogP contribution in [0, 0.1) is 17.0 Å². The molecule has 26 heavy (non-hydrogen) atoms. The Labute approximate surface area is 156 Å². The minimum Gasteiger partial charge on any atom is -0.325 e. The molecule has 10 heteroatoms. The third-order valence-electron chi connectivity index (χ3n) is 3.37. The summed E-state index contributed by atoms with van der Waals surface area (Å²) in [5.41, 5.74) is 2.04. The van der Waals surface area contributed by atoms with E-state index in [1.807, 2.05) is 12.1 Å². The van der Waals surface area contributed by atoms with Gasteiger partial charge in [0.05, 0.1) is 16.4 Å². The van der Waals surface area contributed by atoms with Crippen LogP contribution in [0.25, 0.3) is 10.6 Å². The number of rotatable bonds is 6. The van der Waals surface area contributed by atoms with Crippen LogP contribution >= 0.6 is 23.1 Å². The summed E-state index contributed by atoms with van der Waals surface area (Å²) >= 11 is 2.65. The van der Waals surface area contributed by atoms with Gasteiger partial charge in [0, 0.05) is 30.1 Å². The molecule has 0 aliphatic carbocycles. The van der Waals surface area contributed by atoms with Crippen LogP contribution in [0.4, 0.5) is 11.4 Å². The number of carbonyl (C=O) groups is 1. The SMILES string of the molecule is Cc1ccc([N+](=O)[O-])cc1NC(=O)CSc1nnc(-c2ccncc2)s1. The zero-order valence-electron chi connectivity index (χ0n) is 13.6. The number of carbonyl (C=O) groups excluding carboxylic acids is 1. The molecular weight excluding hydrogens is 374 g/mol. The Morgan fingerprint density at radius 2 is 2.04 bits per heavy atom. The molecule has 1 aromatic carbocycles. The summed E-state index contributed by atoms with van der Waals surface area (Å²) in [6.45, 7) is 1.78. The lowest BCUT2D eigenvalue weighted by atomic mass is 10.2. The van der Waals surface area contributed by atoms with Crippen LogP contribution in [0.15, 0.2) is 47.1 Å². The lowest BCUT2D eigenvalue weighted by Gasteiger charge is -2.07. The quantitative estimate of drug-likeness (QED) is 0.391. The average Bonchev–Trinajstić information content (AvgIpc) is 3.11. The molecule has 3 rings (SSSR count). The minimum atomic E-state index is -0.494. The van der Waals surface area contributed by atoms with Crippen LogP contribution in [-0.4, -0.2) is 31.8 Å². The predicted octanol–water partition coefficient (Wildman–Crippen LogP) is 3.55. The maximum atomic E-state index is 12.1. The molecule has 1 amide bonds. The van der Waals surface area contributed by atoms with Crippen molar-refractivity contribution >= 4 is 40.4 Å². The van der Waals surface area contributed by atoms with Crippen molar-refractivity contribution in [3.05, 3.63) is 58.4 Å². The van der Waals surface area contributed by atoms with Gasteiger partial charge in [-0.1, -0.05) is 29.2 Å². The highest BCUT2D eigenvalue weighted by Crippen LogP contribution is 2.29. The second kappa shape index (κ2) is 8.02. The number of nitro groups is 1. The minimum absolute atomic E-state index is 0.0651. The number of hydrogen-bond acceptors (Lipinski definition) is 8. The summed E-state index contributed by atoms with van der Waals surface area (Å²) in [6.07, 6.45) is 3.36. The van der Waals surface area contributed by atoms with Gasteiger partial charge in [0.15, 0.2) is 4.34 Å². The molecule has 0 bridgehead atoms. The predicted molar refractivity (Wildman–Crippen MR) is 100 cm³/mol. The van der Waals surface area contributed by atoms with Crippen LogP contribution in [0.2, 0.25) is 0 Å². The first-order valence-corrected chi connectivity index (χ1v) is 9.25. The normalized spacial score (nSPS) is 10.5. The number of hydrogen-bond donors (Lipinski definition) is 1. The zero-order valence-corrected chi connectivity index (χ0v) is 15.2. The molecule has 0 saturated carbocycles. The molecule has 0 fully saturated rings. The van der Waals surface area contributed by atoms with Gasteiger partial charge in [-0.05, 0) is 24.6 Å².